The summed E-state index contributed by atoms with van der Waals surface area (Å²) in [6.45, 7) is 2.41. The van der Waals surface area contributed by atoms with E-state index in [1.807, 2.05) is 19.2 Å². The van der Waals surface area contributed by atoms with Gasteiger partial charge < -0.3 is 20.0 Å². The number of unbranched alkanes of at least 4 members (excludes halogenated alkanes) is 1. The first kappa shape index (κ1) is 28.7. The van der Waals surface area contributed by atoms with Gasteiger partial charge in [0.25, 0.3) is 0 Å². The quantitative estimate of drug-likeness (QED) is 0.364. The Morgan fingerprint density at radius 2 is 1.72 bits per heavy atom. The number of aliphatic carboxylic acids is 1. The molecule has 212 valence electrons. The fourth-order valence-electron chi connectivity index (χ4n) is 4.71. The molecule has 0 aliphatic carbocycles. The number of hydrogen-bond acceptors (Lipinski definition) is 8. The fraction of sp³-hybridized carbons (Fsp3) is 0.481. The number of halogens is 3. The first-order chi connectivity index (χ1) is 18.7. The third-order valence-electron chi connectivity index (χ3n) is 6.82. The molecule has 2 aliphatic rings. The lowest BCUT2D eigenvalue weighted by Gasteiger charge is -2.43. The maximum atomic E-state index is 12.8. The van der Waals surface area contributed by atoms with Crippen molar-refractivity contribution >= 4 is 11.8 Å². The van der Waals surface area contributed by atoms with Gasteiger partial charge in [0.05, 0.1) is 12.2 Å². The third-order valence-corrected chi connectivity index (χ3v) is 6.82. The Bertz CT molecular complexity index is 1100. The van der Waals surface area contributed by atoms with E-state index in [2.05, 4.69) is 33.0 Å². The van der Waals surface area contributed by atoms with Crippen LogP contribution in [0.4, 0.5) is 13.2 Å². The van der Waals surface area contributed by atoms with Crippen molar-refractivity contribution in [1.29, 1.82) is 0 Å². The Labute approximate surface area is 225 Å². The van der Waals surface area contributed by atoms with E-state index in [9.17, 15) is 18.0 Å². The molecule has 1 fully saturated rings. The standard InChI is InChI=1S/C27H34F3N5O4/c1-34-26(32-31-25(33-34)21-4-8-22(9-5-21)27(28,29)30)35-14-12-20(13-15-35)19-6-10-23(11-7-19)39-17-3-2-16-38-18-24(36)37/h4-11,20,26,32H,2-3,12-18H2,1H3,(H,31,33)(H,36,37). The molecule has 2 aliphatic heterocycles. The van der Waals surface area contributed by atoms with Gasteiger partial charge >= 0.3 is 12.1 Å². The van der Waals surface area contributed by atoms with Crippen LogP contribution in [-0.2, 0) is 15.7 Å². The third kappa shape index (κ3) is 8.07. The fourth-order valence-corrected chi connectivity index (χ4v) is 4.71. The molecule has 1 atom stereocenters. The molecule has 0 bridgehead atoms. The Kier molecular flexibility index (Phi) is 9.65. The number of alkyl halides is 3. The van der Waals surface area contributed by atoms with Crippen LogP contribution < -0.4 is 15.6 Å². The zero-order valence-corrected chi connectivity index (χ0v) is 21.8. The van der Waals surface area contributed by atoms with Crippen molar-refractivity contribution in [1.82, 2.24) is 20.8 Å². The molecule has 0 amide bonds. The highest BCUT2D eigenvalue weighted by Crippen LogP contribution is 2.31. The van der Waals surface area contributed by atoms with E-state index in [4.69, 9.17) is 14.6 Å². The van der Waals surface area contributed by atoms with E-state index in [-0.39, 0.29) is 12.9 Å². The van der Waals surface area contributed by atoms with Crippen LogP contribution in [0.2, 0.25) is 0 Å². The highest BCUT2D eigenvalue weighted by Gasteiger charge is 2.32. The van der Waals surface area contributed by atoms with Crippen LogP contribution in [-0.4, -0.2) is 73.1 Å². The summed E-state index contributed by atoms with van der Waals surface area (Å²) in [4.78, 5) is 12.7. The van der Waals surface area contributed by atoms with Gasteiger partial charge in [0.2, 0.25) is 0 Å². The van der Waals surface area contributed by atoms with Gasteiger partial charge in [-0.25, -0.2) is 4.79 Å². The molecule has 0 aromatic heterocycles. The average molecular weight is 550 g/mol. The molecule has 2 heterocycles. The summed E-state index contributed by atoms with van der Waals surface area (Å²) in [7, 11) is 1.84. The monoisotopic (exact) mass is 549 g/mol. The molecule has 1 unspecified atom stereocenters. The number of carboxylic acid groups (broad SMARTS) is 1. The van der Waals surface area contributed by atoms with Crippen LogP contribution >= 0.6 is 0 Å². The molecule has 1 saturated heterocycles. The molecule has 0 saturated carbocycles. The normalized spacial score (nSPS) is 18.9. The minimum atomic E-state index is -4.37. The molecule has 0 radical (unpaired) electrons. The molecule has 39 heavy (non-hydrogen) atoms. The molecule has 9 nitrogen and oxygen atoms in total. The first-order valence-electron chi connectivity index (χ1n) is 13.0. The van der Waals surface area contributed by atoms with Crippen molar-refractivity contribution < 1.29 is 32.5 Å². The predicted molar refractivity (Wildman–Crippen MR) is 139 cm³/mol. The van der Waals surface area contributed by atoms with E-state index in [1.54, 1.807) is 5.01 Å². The van der Waals surface area contributed by atoms with Gasteiger partial charge in [-0.15, -0.1) is 0 Å². The minimum Gasteiger partial charge on any atom is -0.494 e. The smallest absolute Gasteiger partial charge is 0.416 e. The zero-order chi connectivity index (χ0) is 27.8. The number of ether oxygens (including phenoxy) is 2. The molecule has 2 aromatic rings. The maximum absolute atomic E-state index is 12.8. The Morgan fingerprint density at radius 3 is 2.33 bits per heavy atom. The number of hydrogen-bond donors (Lipinski definition) is 3. The van der Waals surface area contributed by atoms with Gasteiger partial charge in [0.1, 0.15) is 12.4 Å². The van der Waals surface area contributed by atoms with Gasteiger partial charge in [0.15, 0.2) is 12.1 Å². The van der Waals surface area contributed by atoms with Gasteiger partial charge in [-0.1, -0.05) is 24.3 Å². The van der Waals surface area contributed by atoms with Crippen LogP contribution in [0.1, 0.15) is 48.3 Å². The summed E-state index contributed by atoms with van der Waals surface area (Å²) in [5, 5.41) is 14.9. The van der Waals surface area contributed by atoms with E-state index >= 15 is 0 Å². The first-order valence-corrected chi connectivity index (χ1v) is 13.0. The van der Waals surface area contributed by atoms with Crippen LogP contribution in [0.3, 0.4) is 0 Å². The van der Waals surface area contributed by atoms with Crippen LogP contribution in [0.25, 0.3) is 0 Å². The van der Waals surface area contributed by atoms with Crippen molar-refractivity contribution in [2.24, 2.45) is 5.10 Å². The number of hydrazone groups is 1. The second-order valence-corrected chi connectivity index (χ2v) is 9.62. The minimum absolute atomic E-state index is 0.172. The predicted octanol–water partition coefficient (Wildman–Crippen LogP) is 3.83. The molecular formula is C27H34F3N5O4. The number of nitrogens with zero attached hydrogens (tertiary/aromatic N) is 3. The van der Waals surface area contributed by atoms with Crippen molar-refractivity contribution in [2.75, 3.05) is 40.0 Å². The molecular weight excluding hydrogens is 515 g/mol. The number of benzene rings is 2. The molecule has 4 rings (SSSR count). The number of carboxylic acids is 1. The molecule has 0 spiro atoms. The van der Waals surface area contributed by atoms with Crippen LogP contribution in [0.15, 0.2) is 53.6 Å². The molecule has 3 N–H and O–H groups in total. The van der Waals surface area contributed by atoms with Crippen molar-refractivity contribution in [3.05, 3.63) is 65.2 Å². The Hall–Kier alpha value is -3.35. The van der Waals surface area contributed by atoms with Gasteiger partial charge in [-0.05, 0) is 61.4 Å². The number of likely N-dealkylation sites (tertiary alicyclic amines) is 1. The van der Waals surface area contributed by atoms with Gasteiger partial charge in [0, 0.05) is 32.3 Å². The Morgan fingerprint density at radius 1 is 1.05 bits per heavy atom. The van der Waals surface area contributed by atoms with Crippen molar-refractivity contribution in [2.45, 2.75) is 44.1 Å². The van der Waals surface area contributed by atoms with Crippen LogP contribution in [0, 0.1) is 0 Å². The summed E-state index contributed by atoms with van der Waals surface area (Å²) in [5.74, 6) is 0.749. The van der Waals surface area contributed by atoms with Crippen LogP contribution in [0.5, 0.6) is 5.75 Å². The second-order valence-electron chi connectivity index (χ2n) is 9.62. The number of piperidine rings is 1. The van der Waals surface area contributed by atoms with E-state index < -0.39 is 17.7 Å². The summed E-state index contributed by atoms with van der Waals surface area (Å²) in [6.07, 6.45) is -1.05. The highest BCUT2D eigenvalue weighted by molar-refractivity contribution is 5.98. The summed E-state index contributed by atoms with van der Waals surface area (Å²) in [6, 6.07) is 13.1. The number of nitrogens with one attached hydrogen (secondary N) is 2. The topological polar surface area (TPSA) is 98.7 Å². The van der Waals surface area contributed by atoms with E-state index in [0.717, 1.165) is 56.7 Å². The lowest BCUT2D eigenvalue weighted by atomic mass is 9.89. The van der Waals surface area contributed by atoms with E-state index in [1.165, 1.54) is 17.7 Å². The second kappa shape index (κ2) is 13.1. The van der Waals surface area contributed by atoms with Gasteiger partial charge in [-0.2, -0.15) is 23.7 Å². The number of carbonyl (C=O) groups is 1. The Balaban J connectivity index is 1.20. The van der Waals surface area contributed by atoms with Crippen molar-refractivity contribution in [3.63, 3.8) is 0 Å². The number of hydrazine groups is 1. The van der Waals surface area contributed by atoms with E-state index in [0.29, 0.717) is 30.5 Å². The SMILES string of the molecule is CN1N=C(c2ccc(C(F)(F)F)cc2)NNC1N1CCC(c2ccc(OCCCCOCC(=O)O)cc2)CC1. The van der Waals surface area contributed by atoms with Crippen molar-refractivity contribution in [3.8, 4) is 5.75 Å². The molecule has 2 aromatic carbocycles. The molecule has 12 heteroatoms. The average Bonchev–Trinajstić information content (AvgIpc) is 2.92. The number of amidine groups is 1. The lowest BCUT2D eigenvalue weighted by Crippen LogP contribution is -2.63. The highest BCUT2D eigenvalue weighted by atomic mass is 19.4. The van der Waals surface area contributed by atoms with Gasteiger partial charge in [-0.3, -0.25) is 9.91 Å². The number of rotatable bonds is 11. The zero-order valence-electron chi connectivity index (χ0n) is 21.8. The summed E-state index contributed by atoms with van der Waals surface area (Å²) < 4.78 is 49.3. The lowest BCUT2D eigenvalue weighted by molar-refractivity contribution is -0.142. The summed E-state index contributed by atoms with van der Waals surface area (Å²) in [5.41, 5.74) is 7.43. The maximum Gasteiger partial charge on any atom is 0.416 e. The largest absolute Gasteiger partial charge is 0.494 e. The summed E-state index contributed by atoms with van der Waals surface area (Å²) >= 11 is 0.